The van der Waals surface area contributed by atoms with Gasteiger partial charge in [0.15, 0.2) is 5.82 Å². The second kappa shape index (κ2) is 10.1. The number of nitrogens with zero attached hydrogens (tertiary/aromatic N) is 1. The Morgan fingerprint density at radius 1 is 1.26 bits per heavy atom. The van der Waals surface area contributed by atoms with Crippen LogP contribution in [0.15, 0.2) is 36.4 Å². The maximum Gasteiger partial charge on any atom is 0.269 e. The minimum Gasteiger partial charge on any atom is -0.303 e. The number of amides is 1. The number of hydrogen-bond acceptors (Lipinski definition) is 4. The molecule has 2 aromatic rings. The monoisotopic (exact) mass is 467 g/mol. The first-order valence-electron chi connectivity index (χ1n) is 10.3. The van der Waals surface area contributed by atoms with Crippen LogP contribution in [0, 0.1) is 18.7 Å². The third-order valence-corrected chi connectivity index (χ3v) is 7.05. The van der Waals surface area contributed by atoms with E-state index in [1.165, 1.54) is 12.1 Å². The average molecular weight is 468 g/mol. The summed E-state index contributed by atoms with van der Waals surface area (Å²) < 4.78 is 39.4. The van der Waals surface area contributed by atoms with E-state index in [1.54, 1.807) is 0 Å². The molecular weight excluding hydrogens is 441 g/mol. The maximum atomic E-state index is 14.5. The van der Waals surface area contributed by atoms with Crippen LogP contribution in [0.3, 0.4) is 0 Å². The van der Waals surface area contributed by atoms with Gasteiger partial charge in [0, 0.05) is 6.54 Å². The molecule has 2 aromatic carbocycles. The molecule has 31 heavy (non-hydrogen) atoms. The lowest BCUT2D eigenvalue weighted by molar-refractivity contribution is 0.0941. The highest BCUT2D eigenvalue weighted by Gasteiger charge is 2.25. The first-order valence-corrected chi connectivity index (χ1v) is 12.3. The van der Waals surface area contributed by atoms with Crippen molar-refractivity contribution in [1.82, 2.24) is 15.2 Å². The molecule has 0 spiro atoms. The fraction of sp³-hybridized carbons (Fsp3) is 0.409. The molecule has 1 aliphatic heterocycles. The standard InChI is InChI=1S/C22H27ClFN3O3S/c1-3-27-9-5-7-16(13-27)14-31(29,30)26-25-22(28)19-11-18(12-20(23)21(19)24)17-8-4-6-15(2)10-17/h4,6,8,10-12,16,26H,3,5,7,9,13-14H2,1-2H3,(H,25,28). The Balaban J connectivity index is 1.71. The summed E-state index contributed by atoms with van der Waals surface area (Å²) in [6.45, 7) is 6.50. The van der Waals surface area contributed by atoms with E-state index in [0.29, 0.717) is 12.1 Å². The van der Waals surface area contributed by atoms with E-state index in [-0.39, 0.29) is 22.3 Å². The lowest BCUT2D eigenvalue weighted by atomic mass is 10.0. The first kappa shape index (κ1) is 23.7. The Morgan fingerprint density at radius 2 is 2.03 bits per heavy atom. The van der Waals surface area contributed by atoms with Crippen LogP contribution in [-0.2, 0) is 10.0 Å². The Labute approximate surface area is 187 Å². The summed E-state index contributed by atoms with van der Waals surface area (Å²) in [5.74, 6) is -1.92. The van der Waals surface area contributed by atoms with Gasteiger partial charge in [-0.2, -0.15) is 0 Å². The number of hydrogen-bond donors (Lipinski definition) is 2. The molecule has 0 aliphatic carbocycles. The van der Waals surface area contributed by atoms with Crippen molar-refractivity contribution in [1.29, 1.82) is 0 Å². The zero-order valence-electron chi connectivity index (χ0n) is 17.6. The molecule has 1 unspecified atom stereocenters. The minimum atomic E-state index is -3.77. The third kappa shape index (κ3) is 6.26. The largest absolute Gasteiger partial charge is 0.303 e. The van der Waals surface area contributed by atoms with Crippen LogP contribution in [0.5, 0.6) is 0 Å². The van der Waals surface area contributed by atoms with Gasteiger partial charge in [0.25, 0.3) is 5.91 Å². The van der Waals surface area contributed by atoms with E-state index in [2.05, 4.69) is 15.2 Å². The van der Waals surface area contributed by atoms with Crippen molar-refractivity contribution in [2.75, 3.05) is 25.4 Å². The third-order valence-electron chi connectivity index (χ3n) is 5.45. The molecule has 1 aliphatic rings. The maximum absolute atomic E-state index is 14.5. The Morgan fingerprint density at radius 3 is 2.74 bits per heavy atom. The zero-order valence-corrected chi connectivity index (χ0v) is 19.2. The quantitative estimate of drug-likeness (QED) is 0.608. The summed E-state index contributed by atoms with van der Waals surface area (Å²) in [7, 11) is -3.77. The molecule has 0 radical (unpaired) electrons. The molecule has 0 saturated carbocycles. The van der Waals surface area contributed by atoms with E-state index >= 15 is 0 Å². The van der Waals surface area contributed by atoms with Crippen LogP contribution in [-0.4, -0.2) is 44.6 Å². The van der Waals surface area contributed by atoms with Gasteiger partial charge in [0.1, 0.15) is 0 Å². The minimum absolute atomic E-state index is 0.0149. The molecular formula is C22H27ClFN3O3S. The van der Waals surface area contributed by atoms with E-state index in [4.69, 9.17) is 11.6 Å². The van der Waals surface area contributed by atoms with Crippen LogP contribution in [0.4, 0.5) is 4.39 Å². The number of carbonyl (C=O) groups is 1. The number of likely N-dealkylation sites (tertiary alicyclic amines) is 1. The molecule has 1 heterocycles. The molecule has 6 nitrogen and oxygen atoms in total. The molecule has 1 amide bonds. The number of rotatable bonds is 7. The summed E-state index contributed by atoms with van der Waals surface area (Å²) in [5.41, 5.74) is 4.12. The molecule has 0 bridgehead atoms. The molecule has 1 atom stereocenters. The number of aryl methyl sites for hydroxylation is 1. The van der Waals surface area contributed by atoms with Crippen LogP contribution in [0.25, 0.3) is 11.1 Å². The highest BCUT2D eigenvalue weighted by molar-refractivity contribution is 7.89. The predicted octanol–water partition coefficient (Wildman–Crippen LogP) is 3.75. The van der Waals surface area contributed by atoms with E-state index in [0.717, 1.165) is 37.1 Å². The van der Waals surface area contributed by atoms with E-state index in [1.807, 2.05) is 38.1 Å². The lowest BCUT2D eigenvalue weighted by Crippen LogP contribution is -2.46. The number of halogens is 2. The van der Waals surface area contributed by atoms with Crippen LogP contribution < -0.4 is 10.3 Å². The highest BCUT2D eigenvalue weighted by Crippen LogP contribution is 2.28. The van der Waals surface area contributed by atoms with Crippen LogP contribution in [0.1, 0.15) is 35.7 Å². The zero-order chi connectivity index (χ0) is 22.6. The number of carbonyl (C=O) groups excluding carboxylic acids is 1. The predicted molar refractivity (Wildman–Crippen MR) is 121 cm³/mol. The lowest BCUT2D eigenvalue weighted by Gasteiger charge is -2.31. The van der Waals surface area contributed by atoms with Crippen LogP contribution >= 0.6 is 11.6 Å². The van der Waals surface area contributed by atoms with Crippen molar-refractivity contribution in [3.8, 4) is 11.1 Å². The van der Waals surface area contributed by atoms with Crippen molar-refractivity contribution < 1.29 is 17.6 Å². The Kier molecular flexibility index (Phi) is 7.69. The summed E-state index contributed by atoms with van der Waals surface area (Å²) in [6, 6.07) is 10.3. The van der Waals surface area contributed by atoms with Crippen molar-refractivity contribution in [3.63, 3.8) is 0 Å². The van der Waals surface area contributed by atoms with Crippen LogP contribution in [0.2, 0.25) is 5.02 Å². The van der Waals surface area contributed by atoms with Gasteiger partial charge < -0.3 is 4.90 Å². The molecule has 3 rings (SSSR count). The smallest absolute Gasteiger partial charge is 0.269 e. The van der Waals surface area contributed by atoms with E-state index < -0.39 is 21.7 Å². The number of piperidine rings is 1. The summed E-state index contributed by atoms with van der Waals surface area (Å²) in [6.07, 6.45) is 1.75. The van der Waals surface area contributed by atoms with Gasteiger partial charge in [-0.15, -0.1) is 4.83 Å². The Hall–Kier alpha value is -2.00. The summed E-state index contributed by atoms with van der Waals surface area (Å²) in [5, 5.41) is -0.214. The second-order valence-electron chi connectivity index (χ2n) is 7.93. The Bertz CT molecular complexity index is 1060. The average Bonchev–Trinajstić information content (AvgIpc) is 2.73. The van der Waals surface area contributed by atoms with Crippen molar-refractivity contribution >= 4 is 27.5 Å². The van der Waals surface area contributed by atoms with Gasteiger partial charge in [-0.05, 0) is 62.0 Å². The number of sulfonamides is 1. The van der Waals surface area contributed by atoms with Gasteiger partial charge in [-0.25, -0.2) is 12.8 Å². The van der Waals surface area contributed by atoms with Crippen molar-refractivity contribution in [2.45, 2.75) is 26.7 Å². The number of nitrogens with one attached hydrogen (secondary N) is 2. The molecule has 1 fully saturated rings. The normalized spacial score (nSPS) is 17.5. The van der Waals surface area contributed by atoms with Gasteiger partial charge in [-0.3, -0.25) is 10.2 Å². The fourth-order valence-electron chi connectivity index (χ4n) is 3.86. The first-order chi connectivity index (χ1) is 14.7. The second-order valence-corrected chi connectivity index (χ2v) is 10.1. The summed E-state index contributed by atoms with van der Waals surface area (Å²) >= 11 is 6.00. The van der Waals surface area contributed by atoms with Gasteiger partial charge in [0.2, 0.25) is 10.0 Å². The molecule has 1 saturated heterocycles. The highest BCUT2D eigenvalue weighted by atomic mass is 35.5. The number of benzene rings is 2. The van der Waals surface area contributed by atoms with Gasteiger partial charge in [-0.1, -0.05) is 48.4 Å². The molecule has 0 aromatic heterocycles. The molecule has 9 heteroatoms. The molecule has 168 valence electrons. The van der Waals surface area contributed by atoms with Gasteiger partial charge in [0.05, 0.1) is 16.3 Å². The van der Waals surface area contributed by atoms with Gasteiger partial charge >= 0.3 is 0 Å². The molecule has 2 N–H and O–H groups in total. The van der Waals surface area contributed by atoms with Crippen molar-refractivity contribution in [3.05, 3.63) is 58.4 Å². The fourth-order valence-corrected chi connectivity index (χ4v) is 5.31. The summed E-state index contributed by atoms with van der Waals surface area (Å²) in [4.78, 5) is 16.9. The van der Waals surface area contributed by atoms with Crippen molar-refractivity contribution in [2.24, 2.45) is 5.92 Å². The topological polar surface area (TPSA) is 78.5 Å². The van der Waals surface area contributed by atoms with E-state index in [9.17, 15) is 17.6 Å². The number of hydrazine groups is 1. The SMILES string of the molecule is CCN1CCCC(CS(=O)(=O)NNC(=O)c2cc(-c3cccc(C)c3)cc(Cl)c2F)C1.